The van der Waals surface area contributed by atoms with E-state index in [4.69, 9.17) is 4.98 Å². The van der Waals surface area contributed by atoms with Gasteiger partial charge in [-0.15, -0.1) is 0 Å². The van der Waals surface area contributed by atoms with Crippen LogP contribution < -0.4 is 0 Å². The Labute approximate surface area is 235 Å². The van der Waals surface area contributed by atoms with Gasteiger partial charge in [-0.2, -0.15) is 0 Å². The zero-order chi connectivity index (χ0) is 26.9. The van der Waals surface area contributed by atoms with E-state index in [0.29, 0.717) is 0 Å². The van der Waals surface area contributed by atoms with Crippen LogP contribution in [0.4, 0.5) is 0 Å². The van der Waals surface area contributed by atoms with E-state index in [1.54, 1.807) is 0 Å². The number of aromatic nitrogens is 4. The Hall–Kier alpha value is -5.61. The molecule has 9 rings (SSSR count). The fraction of sp³-hybridized carbons (Fsp3) is 0. The maximum absolute atomic E-state index is 4.89. The Morgan fingerprint density at radius 1 is 0.463 bits per heavy atom. The Kier molecular flexibility index (Phi) is 4.58. The molecule has 0 radical (unpaired) electrons. The van der Waals surface area contributed by atoms with E-state index in [9.17, 15) is 0 Å². The summed E-state index contributed by atoms with van der Waals surface area (Å²) in [7, 11) is 0. The third kappa shape index (κ3) is 3.25. The summed E-state index contributed by atoms with van der Waals surface area (Å²) >= 11 is 0. The van der Waals surface area contributed by atoms with E-state index in [1.807, 2.05) is 6.20 Å². The van der Waals surface area contributed by atoms with Gasteiger partial charge in [-0.25, -0.2) is 4.98 Å². The largest absolute Gasteiger partial charge is 0.346 e. The molecular weight excluding hydrogens is 500 g/mol. The highest BCUT2D eigenvalue weighted by atomic mass is 15.0. The van der Waals surface area contributed by atoms with Gasteiger partial charge in [-0.3, -0.25) is 0 Å². The first-order valence-corrected chi connectivity index (χ1v) is 13.9. The van der Waals surface area contributed by atoms with Crippen molar-refractivity contribution in [3.05, 3.63) is 140 Å². The minimum atomic E-state index is 0.904. The average Bonchev–Trinajstić information content (AvgIpc) is 3.72. The van der Waals surface area contributed by atoms with Crippen molar-refractivity contribution >= 4 is 54.6 Å². The van der Waals surface area contributed by atoms with Gasteiger partial charge in [0, 0.05) is 50.1 Å². The zero-order valence-electron chi connectivity index (χ0n) is 22.1. The summed E-state index contributed by atoms with van der Waals surface area (Å²) in [6.45, 7) is 0. The molecule has 0 bridgehead atoms. The number of rotatable bonds is 3. The van der Waals surface area contributed by atoms with Crippen molar-refractivity contribution in [2.45, 2.75) is 0 Å². The molecule has 4 heterocycles. The topological polar surface area (TPSA) is 38.5 Å². The molecule has 5 aromatic carbocycles. The first-order chi connectivity index (χ1) is 20.3. The standard InChI is InChI=1S/C37H24N4/c1-2-10-26(11-3-1)40-33-15-6-4-13-28(33)30-22-31-29-14-5-7-16-34(29)41(36(31)23-35(30)40)27-12-8-9-25(21-27)32-18-17-24-19-20-38-37(24)39-32/h1-23H,(H,38,39). The summed E-state index contributed by atoms with van der Waals surface area (Å²) < 4.78 is 4.78. The van der Waals surface area contributed by atoms with E-state index in [-0.39, 0.29) is 0 Å². The van der Waals surface area contributed by atoms with Crippen molar-refractivity contribution < 1.29 is 0 Å². The average molecular weight is 525 g/mol. The lowest BCUT2D eigenvalue weighted by atomic mass is 10.1. The summed E-state index contributed by atoms with van der Waals surface area (Å²) in [5.41, 5.74) is 10.0. The number of fused-ring (bicyclic) bond motifs is 7. The Balaban J connectivity index is 1.36. The third-order valence-electron chi connectivity index (χ3n) is 8.29. The predicted octanol–water partition coefficient (Wildman–Crippen LogP) is 9.42. The van der Waals surface area contributed by atoms with E-state index in [1.165, 1.54) is 43.6 Å². The van der Waals surface area contributed by atoms with Gasteiger partial charge in [-0.05, 0) is 66.7 Å². The van der Waals surface area contributed by atoms with Gasteiger partial charge in [0.05, 0.1) is 27.8 Å². The second-order valence-electron chi connectivity index (χ2n) is 10.6. The monoisotopic (exact) mass is 524 g/mol. The maximum atomic E-state index is 4.89. The molecule has 0 unspecified atom stereocenters. The minimum absolute atomic E-state index is 0.904. The molecule has 0 atom stereocenters. The highest BCUT2D eigenvalue weighted by Gasteiger charge is 2.18. The van der Waals surface area contributed by atoms with Crippen molar-refractivity contribution in [1.29, 1.82) is 0 Å². The number of hydrogen-bond donors (Lipinski definition) is 1. The first-order valence-electron chi connectivity index (χ1n) is 13.9. The number of pyridine rings is 1. The van der Waals surface area contributed by atoms with Crippen LogP contribution >= 0.6 is 0 Å². The second kappa shape index (κ2) is 8.44. The molecule has 0 saturated carbocycles. The fourth-order valence-corrected chi connectivity index (χ4v) is 6.46. The van der Waals surface area contributed by atoms with Gasteiger partial charge in [0.15, 0.2) is 0 Å². The Morgan fingerprint density at radius 2 is 1.12 bits per heavy atom. The molecule has 4 aromatic heterocycles. The zero-order valence-corrected chi connectivity index (χ0v) is 22.1. The second-order valence-corrected chi connectivity index (χ2v) is 10.6. The molecule has 0 aliphatic carbocycles. The van der Waals surface area contributed by atoms with Gasteiger partial charge < -0.3 is 14.1 Å². The predicted molar refractivity (Wildman–Crippen MR) is 170 cm³/mol. The lowest BCUT2D eigenvalue weighted by Crippen LogP contribution is -1.96. The van der Waals surface area contributed by atoms with Crippen LogP contribution in [0.25, 0.3) is 77.3 Å². The van der Waals surface area contributed by atoms with Crippen LogP contribution in [0.1, 0.15) is 0 Å². The Morgan fingerprint density at radius 3 is 1.88 bits per heavy atom. The van der Waals surface area contributed by atoms with Gasteiger partial charge >= 0.3 is 0 Å². The highest BCUT2D eigenvalue weighted by molar-refractivity contribution is 6.19. The summed E-state index contributed by atoms with van der Waals surface area (Å²) in [6.07, 6.45) is 1.94. The van der Waals surface area contributed by atoms with Crippen LogP contribution in [0.15, 0.2) is 140 Å². The lowest BCUT2D eigenvalue weighted by Gasteiger charge is -2.11. The summed E-state index contributed by atoms with van der Waals surface area (Å²) in [5, 5.41) is 6.14. The summed E-state index contributed by atoms with van der Waals surface area (Å²) in [6, 6.07) is 47.8. The fourth-order valence-electron chi connectivity index (χ4n) is 6.46. The van der Waals surface area contributed by atoms with E-state index < -0.39 is 0 Å². The number of hydrogen-bond acceptors (Lipinski definition) is 1. The molecule has 1 N–H and O–H groups in total. The molecule has 0 amide bonds. The van der Waals surface area contributed by atoms with Gasteiger partial charge in [-0.1, -0.05) is 66.7 Å². The number of benzene rings is 5. The highest BCUT2D eigenvalue weighted by Crippen LogP contribution is 2.39. The Bertz CT molecular complexity index is 2420. The van der Waals surface area contributed by atoms with Crippen molar-refractivity contribution in [2.75, 3.05) is 0 Å². The van der Waals surface area contributed by atoms with Crippen LogP contribution in [0.3, 0.4) is 0 Å². The molecule has 0 saturated heterocycles. The van der Waals surface area contributed by atoms with Gasteiger partial charge in [0.2, 0.25) is 0 Å². The number of H-pyrrole nitrogens is 1. The molecular formula is C37H24N4. The third-order valence-corrected chi connectivity index (χ3v) is 8.29. The van der Waals surface area contributed by atoms with Crippen molar-refractivity contribution in [3.63, 3.8) is 0 Å². The quantitative estimate of drug-likeness (QED) is 0.246. The minimum Gasteiger partial charge on any atom is -0.346 e. The normalized spacial score (nSPS) is 11.9. The number of aromatic amines is 1. The van der Waals surface area contributed by atoms with Crippen molar-refractivity contribution in [2.24, 2.45) is 0 Å². The van der Waals surface area contributed by atoms with Crippen LogP contribution in [0.5, 0.6) is 0 Å². The van der Waals surface area contributed by atoms with E-state index >= 15 is 0 Å². The SMILES string of the molecule is c1ccc(-n2c3ccccc3c3cc4c5ccccc5n(-c5cccc(-c6ccc7cc[nH]c7n6)c5)c4cc32)cc1. The molecule has 192 valence electrons. The number of para-hydroxylation sites is 3. The molecule has 0 aliphatic rings. The van der Waals surface area contributed by atoms with Crippen molar-refractivity contribution in [3.8, 4) is 22.6 Å². The molecule has 0 fully saturated rings. The van der Waals surface area contributed by atoms with Gasteiger partial charge in [0.1, 0.15) is 5.65 Å². The summed E-state index contributed by atoms with van der Waals surface area (Å²) in [4.78, 5) is 8.14. The molecule has 0 aliphatic heterocycles. The van der Waals surface area contributed by atoms with Crippen LogP contribution in [0.2, 0.25) is 0 Å². The molecule has 4 heteroatoms. The van der Waals surface area contributed by atoms with Gasteiger partial charge in [0.25, 0.3) is 0 Å². The number of nitrogens with zero attached hydrogens (tertiary/aromatic N) is 3. The lowest BCUT2D eigenvalue weighted by molar-refractivity contribution is 1.16. The maximum Gasteiger partial charge on any atom is 0.137 e. The van der Waals surface area contributed by atoms with Crippen LogP contribution in [-0.2, 0) is 0 Å². The molecule has 41 heavy (non-hydrogen) atoms. The van der Waals surface area contributed by atoms with Crippen LogP contribution in [0, 0.1) is 0 Å². The molecule has 4 nitrogen and oxygen atoms in total. The van der Waals surface area contributed by atoms with Crippen LogP contribution in [-0.4, -0.2) is 19.1 Å². The van der Waals surface area contributed by atoms with E-state index in [0.717, 1.165) is 33.7 Å². The van der Waals surface area contributed by atoms with E-state index in [2.05, 4.69) is 148 Å². The smallest absolute Gasteiger partial charge is 0.137 e. The first kappa shape index (κ1) is 22.2. The molecule has 9 aromatic rings. The number of nitrogens with one attached hydrogen (secondary N) is 1. The van der Waals surface area contributed by atoms with Crippen molar-refractivity contribution in [1.82, 2.24) is 19.1 Å². The summed E-state index contributed by atoms with van der Waals surface area (Å²) in [5.74, 6) is 0. The molecule has 0 spiro atoms.